The minimum atomic E-state index is 0.986. The fourth-order valence-electron chi connectivity index (χ4n) is 1.58. The number of rotatable bonds is 2. The molecule has 0 amide bonds. The zero-order chi connectivity index (χ0) is 9.97. The number of hydrogen-bond donors (Lipinski definition) is 0. The van der Waals surface area contributed by atoms with Crippen LogP contribution >= 0.6 is 0 Å². The lowest BCUT2D eigenvalue weighted by Gasteiger charge is -2.04. The molecule has 0 aliphatic heterocycles. The highest BCUT2D eigenvalue weighted by Crippen LogP contribution is 2.22. The van der Waals surface area contributed by atoms with E-state index in [9.17, 15) is 0 Å². The summed E-state index contributed by atoms with van der Waals surface area (Å²) in [6, 6.07) is 8.06. The van der Waals surface area contributed by atoms with Crippen LogP contribution < -0.4 is 0 Å². The molecule has 0 atom stereocenters. The van der Waals surface area contributed by atoms with Gasteiger partial charge in [-0.3, -0.25) is 4.98 Å². The summed E-state index contributed by atoms with van der Waals surface area (Å²) in [4.78, 5) is 4.34. The lowest BCUT2D eigenvalue weighted by Crippen LogP contribution is -1.86. The Hall–Kier alpha value is -1.89. The molecular formula is C13H11N. The number of pyridine rings is 1. The first-order chi connectivity index (χ1) is 6.86. The van der Waals surface area contributed by atoms with Gasteiger partial charge in [-0.05, 0) is 11.6 Å². The second-order valence-corrected chi connectivity index (χ2v) is 3.05. The molecule has 0 bridgehead atoms. The molecule has 0 fully saturated rings. The van der Waals surface area contributed by atoms with Crippen LogP contribution in [0.4, 0.5) is 0 Å². The van der Waals surface area contributed by atoms with Crippen molar-refractivity contribution in [2.75, 3.05) is 0 Å². The Kier molecular flexibility index (Phi) is 2.15. The molecule has 1 heteroatoms. The van der Waals surface area contributed by atoms with Crippen molar-refractivity contribution in [2.24, 2.45) is 0 Å². The third-order valence-corrected chi connectivity index (χ3v) is 2.27. The van der Waals surface area contributed by atoms with E-state index in [0.717, 1.165) is 22.0 Å². The molecule has 1 nitrogen and oxygen atoms in total. The van der Waals surface area contributed by atoms with Crippen LogP contribution in [-0.4, -0.2) is 4.98 Å². The number of aromatic nitrogens is 1. The third kappa shape index (κ3) is 1.23. The van der Waals surface area contributed by atoms with Crippen LogP contribution in [0.2, 0.25) is 0 Å². The van der Waals surface area contributed by atoms with Crippen LogP contribution in [0.1, 0.15) is 11.1 Å². The summed E-state index contributed by atoms with van der Waals surface area (Å²) in [5.41, 5.74) is 3.12. The van der Waals surface area contributed by atoms with Gasteiger partial charge >= 0.3 is 0 Å². The molecule has 0 aliphatic carbocycles. The predicted octanol–water partition coefficient (Wildman–Crippen LogP) is 3.52. The zero-order valence-electron chi connectivity index (χ0n) is 7.90. The van der Waals surface area contributed by atoms with Crippen molar-refractivity contribution in [3.8, 4) is 0 Å². The van der Waals surface area contributed by atoms with Crippen LogP contribution in [0.3, 0.4) is 0 Å². The predicted molar refractivity (Wildman–Crippen MR) is 61.9 cm³/mol. The van der Waals surface area contributed by atoms with Crippen molar-refractivity contribution in [1.29, 1.82) is 0 Å². The van der Waals surface area contributed by atoms with Gasteiger partial charge in [-0.2, -0.15) is 0 Å². The Morgan fingerprint density at radius 2 is 1.93 bits per heavy atom. The molecule has 0 saturated heterocycles. The van der Waals surface area contributed by atoms with E-state index in [1.165, 1.54) is 0 Å². The van der Waals surface area contributed by atoms with Crippen molar-refractivity contribution in [3.63, 3.8) is 0 Å². The SMILES string of the molecule is C=Cc1ccc2cccnc2c1C=C. The van der Waals surface area contributed by atoms with E-state index in [1.807, 2.05) is 36.4 Å². The molecule has 68 valence electrons. The largest absolute Gasteiger partial charge is 0.256 e. The maximum Gasteiger partial charge on any atom is 0.0780 e. The third-order valence-electron chi connectivity index (χ3n) is 2.27. The normalized spacial score (nSPS) is 10.0. The van der Waals surface area contributed by atoms with Gasteiger partial charge in [0.25, 0.3) is 0 Å². The van der Waals surface area contributed by atoms with E-state index in [1.54, 1.807) is 6.20 Å². The van der Waals surface area contributed by atoms with E-state index >= 15 is 0 Å². The van der Waals surface area contributed by atoms with Gasteiger partial charge in [0.15, 0.2) is 0 Å². The molecule has 2 rings (SSSR count). The second kappa shape index (κ2) is 3.46. The summed E-state index contributed by atoms with van der Waals surface area (Å²) < 4.78 is 0. The molecule has 2 aromatic rings. The van der Waals surface area contributed by atoms with Gasteiger partial charge in [0.2, 0.25) is 0 Å². The van der Waals surface area contributed by atoms with Crippen molar-refractivity contribution in [1.82, 2.24) is 4.98 Å². The molecule has 0 radical (unpaired) electrons. The number of hydrogen-bond acceptors (Lipinski definition) is 1. The topological polar surface area (TPSA) is 12.9 Å². The minimum Gasteiger partial charge on any atom is -0.256 e. The standard InChI is InChI=1S/C13H11N/c1-3-10-7-8-11-6-5-9-14-13(11)12(10)4-2/h3-9H,1-2H2. The van der Waals surface area contributed by atoms with Gasteiger partial charge in [-0.25, -0.2) is 0 Å². The summed E-state index contributed by atoms with van der Waals surface area (Å²) in [6.07, 6.45) is 5.44. The smallest absolute Gasteiger partial charge is 0.0780 e. The summed E-state index contributed by atoms with van der Waals surface area (Å²) in [7, 11) is 0. The van der Waals surface area contributed by atoms with Crippen LogP contribution in [-0.2, 0) is 0 Å². The first kappa shape index (κ1) is 8.70. The summed E-state index contributed by atoms with van der Waals surface area (Å²) in [5, 5.41) is 1.13. The van der Waals surface area contributed by atoms with Crippen LogP contribution in [0, 0.1) is 0 Å². The monoisotopic (exact) mass is 181 g/mol. The molecule has 1 aromatic carbocycles. The van der Waals surface area contributed by atoms with E-state index < -0.39 is 0 Å². The molecule has 14 heavy (non-hydrogen) atoms. The lowest BCUT2D eigenvalue weighted by atomic mass is 10.0. The molecule has 0 saturated carbocycles. The molecule has 1 heterocycles. The Morgan fingerprint density at radius 1 is 1.07 bits per heavy atom. The van der Waals surface area contributed by atoms with Crippen molar-refractivity contribution >= 4 is 23.1 Å². The minimum absolute atomic E-state index is 0.986. The molecular weight excluding hydrogens is 170 g/mol. The van der Waals surface area contributed by atoms with Crippen LogP contribution in [0.5, 0.6) is 0 Å². The van der Waals surface area contributed by atoms with Crippen molar-refractivity contribution in [3.05, 3.63) is 54.7 Å². The Labute approximate surface area is 83.4 Å². The zero-order valence-corrected chi connectivity index (χ0v) is 7.90. The number of nitrogens with zero attached hydrogens (tertiary/aromatic N) is 1. The molecule has 0 spiro atoms. The van der Waals surface area contributed by atoms with Crippen molar-refractivity contribution in [2.45, 2.75) is 0 Å². The second-order valence-electron chi connectivity index (χ2n) is 3.05. The summed E-state index contributed by atoms with van der Waals surface area (Å²) in [6.45, 7) is 7.57. The van der Waals surface area contributed by atoms with Crippen LogP contribution in [0.15, 0.2) is 43.6 Å². The van der Waals surface area contributed by atoms with E-state index in [0.29, 0.717) is 0 Å². The molecule has 1 aromatic heterocycles. The van der Waals surface area contributed by atoms with Gasteiger partial charge in [0.05, 0.1) is 5.52 Å². The van der Waals surface area contributed by atoms with Gasteiger partial charge in [-0.15, -0.1) is 0 Å². The lowest BCUT2D eigenvalue weighted by molar-refractivity contribution is 1.40. The van der Waals surface area contributed by atoms with E-state index in [-0.39, 0.29) is 0 Å². The van der Waals surface area contributed by atoms with Gasteiger partial charge in [-0.1, -0.05) is 43.5 Å². The maximum atomic E-state index is 4.34. The van der Waals surface area contributed by atoms with Gasteiger partial charge < -0.3 is 0 Å². The Balaban J connectivity index is 2.90. The molecule has 0 aliphatic rings. The molecule has 0 N–H and O–H groups in total. The quantitative estimate of drug-likeness (QED) is 0.690. The Morgan fingerprint density at radius 3 is 2.64 bits per heavy atom. The average molecular weight is 181 g/mol. The fourth-order valence-corrected chi connectivity index (χ4v) is 1.58. The van der Waals surface area contributed by atoms with E-state index in [4.69, 9.17) is 0 Å². The first-order valence-electron chi connectivity index (χ1n) is 4.49. The first-order valence-corrected chi connectivity index (χ1v) is 4.49. The van der Waals surface area contributed by atoms with E-state index in [2.05, 4.69) is 18.1 Å². The summed E-state index contributed by atoms with van der Waals surface area (Å²) >= 11 is 0. The highest BCUT2D eigenvalue weighted by Gasteiger charge is 2.02. The highest BCUT2D eigenvalue weighted by molar-refractivity contribution is 5.90. The average Bonchev–Trinajstić information content (AvgIpc) is 2.27. The number of benzene rings is 1. The van der Waals surface area contributed by atoms with Gasteiger partial charge in [0.1, 0.15) is 0 Å². The van der Waals surface area contributed by atoms with Crippen LogP contribution in [0.25, 0.3) is 23.1 Å². The molecule has 0 unspecified atom stereocenters. The fraction of sp³-hybridized carbons (Fsp3) is 0. The highest BCUT2D eigenvalue weighted by atomic mass is 14.6. The summed E-state index contributed by atoms with van der Waals surface area (Å²) in [5.74, 6) is 0. The van der Waals surface area contributed by atoms with Crippen molar-refractivity contribution < 1.29 is 0 Å². The number of fused-ring (bicyclic) bond motifs is 1. The maximum absolute atomic E-state index is 4.34. The van der Waals surface area contributed by atoms with Gasteiger partial charge in [0, 0.05) is 17.1 Å². The Bertz CT molecular complexity index is 498.